The van der Waals surface area contributed by atoms with Crippen LogP contribution in [0.1, 0.15) is 17.5 Å². The van der Waals surface area contributed by atoms with Crippen molar-refractivity contribution >= 4 is 11.9 Å². The maximum atomic E-state index is 11.8. The molecule has 1 aromatic rings. The molecule has 1 amide bonds. The van der Waals surface area contributed by atoms with Crippen LogP contribution in [0.4, 0.5) is 0 Å². The Morgan fingerprint density at radius 2 is 2.00 bits per heavy atom. The molecule has 102 valence electrons. The minimum Gasteiger partial charge on any atom is -0.481 e. The quantitative estimate of drug-likeness (QED) is 0.818. The summed E-state index contributed by atoms with van der Waals surface area (Å²) in [5, 5.41) is 18.0. The minimum absolute atomic E-state index is 0.000800. The van der Waals surface area contributed by atoms with E-state index in [4.69, 9.17) is 10.2 Å². The van der Waals surface area contributed by atoms with Crippen LogP contribution in [-0.2, 0) is 22.6 Å². The molecule has 0 spiro atoms. The monoisotopic (exact) mass is 263 g/mol. The van der Waals surface area contributed by atoms with Gasteiger partial charge in [0.2, 0.25) is 5.91 Å². The Morgan fingerprint density at radius 1 is 1.32 bits per heavy atom. The summed E-state index contributed by atoms with van der Waals surface area (Å²) >= 11 is 0. The average molecular weight is 263 g/mol. The minimum atomic E-state index is -0.881. The largest absolute Gasteiger partial charge is 0.481 e. The van der Waals surface area contributed by atoms with Gasteiger partial charge in [0.1, 0.15) is 0 Å². The van der Waals surface area contributed by atoms with Gasteiger partial charge in [-0.2, -0.15) is 0 Å². The average Bonchev–Trinajstić information content (AvgIpc) is 2.72. The summed E-state index contributed by atoms with van der Waals surface area (Å²) in [7, 11) is 0. The van der Waals surface area contributed by atoms with Crippen LogP contribution in [0, 0.1) is 5.92 Å². The van der Waals surface area contributed by atoms with Gasteiger partial charge in [0.25, 0.3) is 0 Å². The summed E-state index contributed by atoms with van der Waals surface area (Å²) in [6.07, 6.45) is 0.333. The van der Waals surface area contributed by atoms with Gasteiger partial charge in [-0.05, 0) is 11.1 Å². The van der Waals surface area contributed by atoms with Crippen molar-refractivity contribution < 1.29 is 19.8 Å². The highest BCUT2D eigenvalue weighted by Gasteiger charge is 2.29. The van der Waals surface area contributed by atoms with E-state index < -0.39 is 5.97 Å². The molecule has 1 fully saturated rings. The molecule has 0 bridgehead atoms. The lowest BCUT2D eigenvalue weighted by atomic mass is 10.0. The maximum Gasteiger partial charge on any atom is 0.307 e. The number of likely N-dealkylation sites (tertiary alicyclic amines) is 1. The second-order valence-electron chi connectivity index (χ2n) is 4.87. The Hall–Kier alpha value is -1.88. The topological polar surface area (TPSA) is 77.8 Å². The van der Waals surface area contributed by atoms with Gasteiger partial charge in [0.05, 0.1) is 6.42 Å². The molecule has 5 heteroatoms. The third-order valence-electron chi connectivity index (χ3n) is 3.37. The van der Waals surface area contributed by atoms with Crippen LogP contribution in [-0.4, -0.2) is 40.1 Å². The molecular formula is C14H17NO4. The maximum absolute atomic E-state index is 11.8. The highest BCUT2D eigenvalue weighted by molar-refractivity contribution is 5.78. The van der Waals surface area contributed by atoms with E-state index in [0.717, 1.165) is 11.1 Å². The van der Waals surface area contributed by atoms with Crippen LogP contribution in [0.25, 0.3) is 0 Å². The first-order valence-electron chi connectivity index (χ1n) is 6.27. The number of aliphatic carboxylic acids is 1. The highest BCUT2D eigenvalue weighted by Crippen LogP contribution is 2.21. The number of aliphatic hydroxyl groups excluding tert-OH is 1. The first-order chi connectivity index (χ1) is 9.10. The van der Waals surface area contributed by atoms with Gasteiger partial charge in [-0.1, -0.05) is 24.3 Å². The number of carboxylic acid groups (broad SMARTS) is 1. The molecule has 0 radical (unpaired) electrons. The molecule has 1 atom stereocenters. The molecule has 1 unspecified atom stereocenters. The fraction of sp³-hybridized carbons (Fsp3) is 0.429. The van der Waals surface area contributed by atoms with Crippen molar-refractivity contribution in [2.75, 3.05) is 13.2 Å². The first-order valence-corrected chi connectivity index (χ1v) is 6.27. The Labute approximate surface area is 111 Å². The van der Waals surface area contributed by atoms with Gasteiger partial charge < -0.3 is 15.1 Å². The predicted octanol–water partition coefficient (Wildman–Crippen LogP) is 0.655. The van der Waals surface area contributed by atoms with E-state index in [1.807, 2.05) is 12.1 Å². The number of amides is 1. The van der Waals surface area contributed by atoms with E-state index >= 15 is 0 Å². The third-order valence-corrected chi connectivity index (χ3v) is 3.37. The molecule has 1 aliphatic rings. The van der Waals surface area contributed by atoms with E-state index in [-0.39, 0.29) is 24.9 Å². The zero-order valence-electron chi connectivity index (χ0n) is 10.6. The van der Waals surface area contributed by atoms with E-state index in [9.17, 15) is 9.59 Å². The number of carbonyl (C=O) groups is 2. The standard InChI is InChI=1S/C14H17NO4/c16-9-10-5-13(17)15(7-10)8-12-4-2-1-3-11(12)6-14(18)19/h1-4,10,16H,5-9H2,(H,18,19). The molecule has 2 N–H and O–H groups in total. The summed E-state index contributed by atoms with van der Waals surface area (Å²) in [6, 6.07) is 7.25. The second-order valence-corrected chi connectivity index (χ2v) is 4.87. The van der Waals surface area contributed by atoms with Crippen LogP contribution in [0.3, 0.4) is 0 Å². The van der Waals surface area contributed by atoms with Gasteiger partial charge in [0.15, 0.2) is 0 Å². The lowest BCUT2D eigenvalue weighted by molar-refractivity contribution is -0.136. The van der Waals surface area contributed by atoms with Gasteiger partial charge in [-0.3, -0.25) is 9.59 Å². The first kappa shape index (κ1) is 13.5. The fourth-order valence-corrected chi connectivity index (χ4v) is 2.38. The molecule has 2 rings (SSSR count). The van der Waals surface area contributed by atoms with Gasteiger partial charge >= 0.3 is 5.97 Å². The Morgan fingerprint density at radius 3 is 2.58 bits per heavy atom. The summed E-state index contributed by atoms with van der Waals surface area (Å²) in [4.78, 5) is 24.3. The molecule has 1 aliphatic heterocycles. The number of carboxylic acids is 1. The van der Waals surface area contributed by atoms with Crippen molar-refractivity contribution in [1.29, 1.82) is 0 Å². The normalized spacial score (nSPS) is 18.9. The lowest BCUT2D eigenvalue weighted by Gasteiger charge is -2.18. The molecule has 0 aliphatic carbocycles. The van der Waals surface area contributed by atoms with E-state index in [0.29, 0.717) is 19.5 Å². The van der Waals surface area contributed by atoms with Crippen molar-refractivity contribution in [2.24, 2.45) is 5.92 Å². The van der Waals surface area contributed by atoms with Gasteiger partial charge in [-0.25, -0.2) is 0 Å². The molecule has 5 nitrogen and oxygen atoms in total. The van der Waals surface area contributed by atoms with Crippen LogP contribution in [0.15, 0.2) is 24.3 Å². The number of nitrogens with zero attached hydrogens (tertiary/aromatic N) is 1. The predicted molar refractivity (Wildman–Crippen MR) is 68.4 cm³/mol. The molecular weight excluding hydrogens is 246 g/mol. The number of rotatable bonds is 5. The van der Waals surface area contributed by atoms with Gasteiger partial charge in [0, 0.05) is 32.0 Å². The molecule has 0 saturated carbocycles. The van der Waals surface area contributed by atoms with E-state index in [1.54, 1.807) is 17.0 Å². The van der Waals surface area contributed by atoms with E-state index in [1.165, 1.54) is 0 Å². The van der Waals surface area contributed by atoms with Crippen molar-refractivity contribution in [3.8, 4) is 0 Å². The Balaban J connectivity index is 2.11. The molecule has 19 heavy (non-hydrogen) atoms. The summed E-state index contributed by atoms with van der Waals surface area (Å²) in [6.45, 7) is 0.967. The summed E-state index contributed by atoms with van der Waals surface area (Å²) < 4.78 is 0. The number of aliphatic hydroxyl groups is 1. The summed E-state index contributed by atoms with van der Waals surface area (Å²) in [5.41, 5.74) is 1.59. The lowest BCUT2D eigenvalue weighted by Crippen LogP contribution is -2.25. The van der Waals surface area contributed by atoms with Crippen molar-refractivity contribution in [3.63, 3.8) is 0 Å². The third kappa shape index (κ3) is 3.32. The molecule has 1 saturated heterocycles. The van der Waals surface area contributed by atoms with Crippen molar-refractivity contribution in [2.45, 2.75) is 19.4 Å². The highest BCUT2D eigenvalue weighted by atomic mass is 16.4. The van der Waals surface area contributed by atoms with Gasteiger partial charge in [-0.15, -0.1) is 0 Å². The van der Waals surface area contributed by atoms with Crippen LogP contribution in [0.5, 0.6) is 0 Å². The van der Waals surface area contributed by atoms with Crippen LogP contribution in [0.2, 0.25) is 0 Å². The van der Waals surface area contributed by atoms with Crippen molar-refractivity contribution in [1.82, 2.24) is 4.90 Å². The Bertz CT molecular complexity index is 486. The van der Waals surface area contributed by atoms with Crippen LogP contribution < -0.4 is 0 Å². The van der Waals surface area contributed by atoms with Crippen molar-refractivity contribution in [3.05, 3.63) is 35.4 Å². The molecule has 1 heterocycles. The molecule has 1 aromatic carbocycles. The van der Waals surface area contributed by atoms with Crippen LogP contribution >= 0.6 is 0 Å². The zero-order chi connectivity index (χ0) is 13.8. The fourth-order valence-electron chi connectivity index (χ4n) is 2.38. The summed E-state index contributed by atoms with van der Waals surface area (Å²) in [5.74, 6) is -0.864. The Kier molecular flexibility index (Phi) is 4.16. The SMILES string of the molecule is O=C(O)Cc1ccccc1CN1CC(CO)CC1=O. The number of carbonyl (C=O) groups excluding carboxylic acids is 1. The second kappa shape index (κ2) is 5.84. The number of hydrogen-bond donors (Lipinski definition) is 2. The number of benzene rings is 1. The zero-order valence-corrected chi connectivity index (χ0v) is 10.6. The molecule has 0 aromatic heterocycles. The van der Waals surface area contributed by atoms with E-state index in [2.05, 4.69) is 0 Å². The number of hydrogen-bond acceptors (Lipinski definition) is 3. The smallest absolute Gasteiger partial charge is 0.307 e.